The summed E-state index contributed by atoms with van der Waals surface area (Å²) in [4.78, 5) is 25.8. The predicted octanol–water partition coefficient (Wildman–Crippen LogP) is 7.65. The van der Waals surface area contributed by atoms with Crippen molar-refractivity contribution in [2.24, 2.45) is 5.92 Å². The summed E-state index contributed by atoms with van der Waals surface area (Å²) in [6, 6.07) is 11.8. The minimum absolute atomic E-state index is 0.0162. The predicted molar refractivity (Wildman–Crippen MR) is 157 cm³/mol. The van der Waals surface area contributed by atoms with E-state index in [9.17, 15) is 14.7 Å². The highest BCUT2D eigenvalue weighted by Crippen LogP contribution is 2.42. The number of halogens is 2. The number of carbonyl (C=O) groups is 2. The second kappa shape index (κ2) is 12.4. The summed E-state index contributed by atoms with van der Waals surface area (Å²) in [5.74, 6) is -1.87. The molecule has 1 fully saturated rings. The lowest BCUT2D eigenvalue weighted by molar-refractivity contribution is -0.152. The fourth-order valence-corrected chi connectivity index (χ4v) is 6.46. The standard InChI is InChI=1S/C33H38ClFN2O4/c1-33(2,32(39)40)41-25-18-13-22(27(35)20-25)19-29(38)30(21-9-5-3-6-10-21)31-26-11-7-4-8-12-28(26)36-37(31)24-16-14-23(34)15-17-24/h13-18,20-21,30H,3-12,19H2,1-2H3,(H,39,40). The lowest BCUT2D eigenvalue weighted by Gasteiger charge is -2.31. The van der Waals surface area contributed by atoms with Crippen LogP contribution >= 0.6 is 11.6 Å². The molecule has 0 aliphatic heterocycles. The Morgan fingerprint density at radius 3 is 2.41 bits per heavy atom. The minimum atomic E-state index is -1.51. The van der Waals surface area contributed by atoms with Crippen molar-refractivity contribution in [2.75, 3.05) is 0 Å². The summed E-state index contributed by atoms with van der Waals surface area (Å²) < 4.78 is 22.8. The molecule has 0 spiro atoms. The number of hydrogen-bond donors (Lipinski definition) is 1. The maximum Gasteiger partial charge on any atom is 0.347 e. The van der Waals surface area contributed by atoms with Gasteiger partial charge in [-0.1, -0.05) is 43.4 Å². The van der Waals surface area contributed by atoms with Crippen molar-refractivity contribution < 1.29 is 23.8 Å². The molecule has 1 saturated carbocycles. The summed E-state index contributed by atoms with van der Waals surface area (Å²) in [6.07, 6.45) is 10.2. The maximum absolute atomic E-state index is 15.3. The highest BCUT2D eigenvalue weighted by Gasteiger charge is 2.37. The van der Waals surface area contributed by atoms with E-state index in [-0.39, 0.29) is 29.4 Å². The zero-order valence-corrected chi connectivity index (χ0v) is 24.6. The molecule has 1 unspecified atom stereocenters. The third kappa shape index (κ3) is 6.50. The van der Waals surface area contributed by atoms with Crippen molar-refractivity contribution in [2.45, 2.75) is 96.0 Å². The number of carboxylic acid groups (broad SMARTS) is 1. The van der Waals surface area contributed by atoms with Gasteiger partial charge in [0.25, 0.3) is 0 Å². The Morgan fingerprint density at radius 1 is 1.05 bits per heavy atom. The molecule has 8 heteroatoms. The van der Waals surface area contributed by atoms with E-state index in [4.69, 9.17) is 21.4 Å². The summed E-state index contributed by atoms with van der Waals surface area (Å²) >= 11 is 6.21. The molecular weight excluding hydrogens is 543 g/mol. The van der Waals surface area contributed by atoms with Gasteiger partial charge in [-0.25, -0.2) is 13.9 Å². The van der Waals surface area contributed by atoms with Gasteiger partial charge in [0, 0.05) is 17.5 Å². The Morgan fingerprint density at radius 2 is 1.73 bits per heavy atom. The normalized spacial score (nSPS) is 17.0. The van der Waals surface area contributed by atoms with Gasteiger partial charge in [-0.3, -0.25) is 4.79 Å². The molecule has 6 nitrogen and oxygen atoms in total. The number of rotatable bonds is 9. The van der Waals surface area contributed by atoms with Crippen LogP contribution in [0.15, 0.2) is 42.5 Å². The third-order valence-electron chi connectivity index (χ3n) is 8.56. The topological polar surface area (TPSA) is 81.4 Å². The lowest BCUT2D eigenvalue weighted by atomic mass is 9.74. The molecule has 2 aromatic carbocycles. The number of carbonyl (C=O) groups excluding carboxylic acids is 1. The number of aromatic nitrogens is 2. The molecule has 0 amide bonds. The van der Waals surface area contributed by atoms with Gasteiger partial charge in [-0.05, 0) is 99.7 Å². The fourth-order valence-electron chi connectivity index (χ4n) is 6.33. The molecule has 1 heterocycles. The van der Waals surface area contributed by atoms with Crippen LogP contribution in [0.25, 0.3) is 5.69 Å². The van der Waals surface area contributed by atoms with E-state index >= 15 is 4.39 Å². The number of benzene rings is 2. The maximum atomic E-state index is 15.3. The van der Waals surface area contributed by atoms with Crippen LogP contribution in [-0.2, 0) is 28.9 Å². The number of ether oxygens (including phenoxy) is 1. The Balaban J connectivity index is 1.53. The molecule has 1 N–H and O–H groups in total. The number of nitrogens with zero attached hydrogens (tertiary/aromatic N) is 2. The van der Waals surface area contributed by atoms with Crippen molar-refractivity contribution in [3.05, 3.63) is 75.8 Å². The van der Waals surface area contributed by atoms with Gasteiger partial charge in [0.05, 0.1) is 23.0 Å². The minimum Gasteiger partial charge on any atom is -0.478 e. The number of carboxylic acids is 1. The molecule has 1 aromatic heterocycles. The smallest absolute Gasteiger partial charge is 0.347 e. The van der Waals surface area contributed by atoms with Gasteiger partial charge in [0.15, 0.2) is 5.60 Å². The van der Waals surface area contributed by atoms with E-state index < -0.39 is 23.3 Å². The molecular formula is C33H38ClFN2O4. The van der Waals surface area contributed by atoms with E-state index in [0.717, 1.165) is 81.3 Å². The lowest BCUT2D eigenvalue weighted by Crippen LogP contribution is -2.37. The first-order chi connectivity index (χ1) is 19.6. The van der Waals surface area contributed by atoms with Crippen LogP contribution in [0.1, 0.15) is 93.6 Å². The van der Waals surface area contributed by atoms with Crippen LogP contribution in [0.2, 0.25) is 5.02 Å². The van der Waals surface area contributed by atoms with E-state index in [2.05, 4.69) is 0 Å². The first-order valence-corrected chi connectivity index (χ1v) is 15.1. The van der Waals surface area contributed by atoms with Crippen LogP contribution in [0.4, 0.5) is 4.39 Å². The molecule has 2 aliphatic rings. The Bertz CT molecular complexity index is 1410. The summed E-state index contributed by atoms with van der Waals surface area (Å²) in [6.45, 7) is 2.82. The number of aliphatic carboxylic acids is 1. The van der Waals surface area contributed by atoms with E-state index in [1.54, 1.807) is 0 Å². The van der Waals surface area contributed by atoms with E-state index in [0.29, 0.717) is 5.02 Å². The average Bonchev–Trinajstić information content (AvgIpc) is 3.12. The first kappa shape index (κ1) is 29.3. The summed E-state index contributed by atoms with van der Waals surface area (Å²) in [5.41, 5.74) is 2.86. The molecule has 0 saturated heterocycles. The van der Waals surface area contributed by atoms with Gasteiger partial charge in [0.2, 0.25) is 0 Å². The van der Waals surface area contributed by atoms with Crippen molar-refractivity contribution in [1.82, 2.24) is 9.78 Å². The molecule has 0 radical (unpaired) electrons. The number of aryl methyl sites for hydroxylation is 1. The number of Topliss-reactive ketones (excluding diaryl/α,β-unsaturated/α-hetero) is 1. The second-order valence-corrected chi connectivity index (χ2v) is 12.4. The second-order valence-electron chi connectivity index (χ2n) is 11.9. The van der Waals surface area contributed by atoms with E-state index in [1.165, 1.54) is 37.6 Å². The fraction of sp³-hybridized carbons (Fsp3) is 0.485. The monoisotopic (exact) mass is 580 g/mol. The van der Waals surface area contributed by atoms with Gasteiger partial charge >= 0.3 is 5.97 Å². The van der Waals surface area contributed by atoms with Gasteiger partial charge in [0.1, 0.15) is 17.3 Å². The quantitative estimate of drug-likeness (QED) is 0.263. The molecule has 218 valence electrons. The zero-order chi connectivity index (χ0) is 29.1. The number of hydrogen-bond acceptors (Lipinski definition) is 4. The largest absolute Gasteiger partial charge is 0.478 e. The van der Waals surface area contributed by atoms with Crippen LogP contribution in [0.3, 0.4) is 0 Å². The van der Waals surface area contributed by atoms with E-state index in [1.807, 2.05) is 28.9 Å². The Kier molecular flexibility index (Phi) is 8.83. The SMILES string of the molecule is CC(C)(Oc1ccc(CC(=O)C(c2c3c(nn2-c2ccc(Cl)cc2)CCCCC3)C2CCCCC2)c(F)c1)C(=O)O. The zero-order valence-electron chi connectivity index (χ0n) is 23.8. The van der Waals surface area contributed by atoms with Crippen molar-refractivity contribution in [1.29, 1.82) is 0 Å². The van der Waals surface area contributed by atoms with Crippen LogP contribution in [0.5, 0.6) is 5.75 Å². The Labute approximate surface area is 245 Å². The number of fused-ring (bicyclic) bond motifs is 1. The molecule has 1 atom stereocenters. The molecule has 0 bridgehead atoms. The molecule has 5 rings (SSSR count). The third-order valence-corrected chi connectivity index (χ3v) is 8.81. The highest BCUT2D eigenvalue weighted by molar-refractivity contribution is 6.30. The molecule has 2 aliphatic carbocycles. The van der Waals surface area contributed by atoms with Gasteiger partial charge in [-0.15, -0.1) is 0 Å². The molecule has 41 heavy (non-hydrogen) atoms. The first-order valence-electron chi connectivity index (χ1n) is 14.7. The van der Waals surface area contributed by atoms with Crippen LogP contribution in [-0.4, -0.2) is 32.2 Å². The summed E-state index contributed by atoms with van der Waals surface area (Å²) in [5, 5.41) is 15.1. The van der Waals surface area contributed by atoms with Gasteiger partial charge < -0.3 is 9.84 Å². The highest BCUT2D eigenvalue weighted by atomic mass is 35.5. The van der Waals surface area contributed by atoms with Crippen molar-refractivity contribution >= 4 is 23.4 Å². The number of ketones is 1. The van der Waals surface area contributed by atoms with Gasteiger partial charge in [-0.2, -0.15) is 5.10 Å². The average molecular weight is 581 g/mol. The summed E-state index contributed by atoms with van der Waals surface area (Å²) in [7, 11) is 0. The van der Waals surface area contributed by atoms with Crippen molar-refractivity contribution in [3.63, 3.8) is 0 Å². The Hall–Kier alpha value is -3.19. The van der Waals surface area contributed by atoms with Crippen LogP contribution < -0.4 is 4.74 Å². The molecule has 3 aromatic rings. The van der Waals surface area contributed by atoms with Crippen LogP contribution in [0, 0.1) is 11.7 Å². The van der Waals surface area contributed by atoms with Crippen molar-refractivity contribution in [3.8, 4) is 11.4 Å².